The molecule has 1 heterocycles. The molecule has 0 spiro atoms. The highest BCUT2D eigenvalue weighted by Crippen LogP contribution is 2.20. The van der Waals surface area contributed by atoms with Crippen LogP contribution in [-0.4, -0.2) is 42.1 Å². The first-order chi connectivity index (χ1) is 8.99. The molecule has 0 aliphatic carbocycles. The highest BCUT2D eigenvalue weighted by molar-refractivity contribution is 5.92. The van der Waals surface area contributed by atoms with Crippen LogP contribution in [0.25, 0.3) is 0 Å². The number of carbonyl (C=O) groups is 2. The first kappa shape index (κ1) is 13.3. The summed E-state index contributed by atoms with van der Waals surface area (Å²) >= 11 is 0. The molecule has 1 aromatic carbocycles. The zero-order chi connectivity index (χ0) is 14.0. The summed E-state index contributed by atoms with van der Waals surface area (Å²) in [6.45, 7) is 0.654. The number of rotatable bonds is 2. The number of amides is 2. The molecule has 1 atom stereocenters. The van der Waals surface area contributed by atoms with Gasteiger partial charge in [0.15, 0.2) is 0 Å². The molecule has 1 N–H and O–H groups in total. The summed E-state index contributed by atoms with van der Waals surface area (Å²) in [5, 5.41) is 8.91. The summed E-state index contributed by atoms with van der Waals surface area (Å²) in [5.41, 5.74) is 0.574. The van der Waals surface area contributed by atoms with Gasteiger partial charge in [-0.05, 0) is 30.7 Å². The summed E-state index contributed by atoms with van der Waals surface area (Å²) in [5.74, 6) is -1.73. The van der Waals surface area contributed by atoms with Crippen LogP contribution in [0.1, 0.15) is 6.42 Å². The van der Waals surface area contributed by atoms with E-state index in [2.05, 4.69) is 0 Å². The molecule has 0 bridgehead atoms. The fourth-order valence-electron chi connectivity index (χ4n) is 2.12. The second-order valence-corrected chi connectivity index (χ2v) is 4.59. The monoisotopic (exact) mass is 266 g/mol. The fourth-order valence-corrected chi connectivity index (χ4v) is 2.12. The summed E-state index contributed by atoms with van der Waals surface area (Å²) in [6.07, 6.45) is 0.471. The quantitative estimate of drug-likeness (QED) is 0.887. The summed E-state index contributed by atoms with van der Waals surface area (Å²) in [4.78, 5) is 25.9. The lowest BCUT2D eigenvalue weighted by Gasteiger charge is -2.24. The number of aliphatic carboxylic acids is 1. The van der Waals surface area contributed by atoms with Crippen molar-refractivity contribution in [2.45, 2.75) is 6.42 Å². The van der Waals surface area contributed by atoms with Gasteiger partial charge in [0.25, 0.3) is 0 Å². The molecule has 102 valence electrons. The zero-order valence-corrected chi connectivity index (χ0v) is 10.5. The molecule has 2 amide bonds. The van der Waals surface area contributed by atoms with Gasteiger partial charge in [0, 0.05) is 25.8 Å². The van der Waals surface area contributed by atoms with E-state index in [0.717, 1.165) is 0 Å². The lowest BCUT2D eigenvalue weighted by atomic mass is 10.1. The number of hydrogen-bond donors (Lipinski definition) is 1. The van der Waals surface area contributed by atoms with Gasteiger partial charge < -0.3 is 10.0 Å². The third kappa shape index (κ3) is 2.83. The summed E-state index contributed by atoms with van der Waals surface area (Å²) in [7, 11) is 1.59. The Morgan fingerprint density at radius 3 is 2.53 bits per heavy atom. The molecule has 1 aliphatic rings. The Labute approximate surface area is 110 Å². The van der Waals surface area contributed by atoms with Crippen LogP contribution in [0.15, 0.2) is 24.3 Å². The van der Waals surface area contributed by atoms with Gasteiger partial charge in [-0.2, -0.15) is 0 Å². The SMILES string of the molecule is CN(C(=O)N1CCC(C(=O)O)C1)c1ccc(F)cc1. The van der Waals surface area contributed by atoms with Gasteiger partial charge in [0.2, 0.25) is 0 Å². The van der Waals surface area contributed by atoms with Crippen LogP contribution in [0.5, 0.6) is 0 Å². The predicted molar refractivity (Wildman–Crippen MR) is 67.5 cm³/mol. The number of urea groups is 1. The fraction of sp³-hybridized carbons (Fsp3) is 0.385. The van der Waals surface area contributed by atoms with E-state index in [1.54, 1.807) is 7.05 Å². The maximum Gasteiger partial charge on any atom is 0.324 e. The van der Waals surface area contributed by atoms with E-state index < -0.39 is 11.9 Å². The molecule has 1 unspecified atom stereocenters. The van der Waals surface area contributed by atoms with Crippen molar-refractivity contribution in [3.8, 4) is 0 Å². The highest BCUT2D eigenvalue weighted by Gasteiger charge is 2.32. The Hall–Kier alpha value is -2.11. The van der Waals surface area contributed by atoms with Crippen molar-refractivity contribution in [2.75, 3.05) is 25.0 Å². The van der Waals surface area contributed by atoms with E-state index in [1.165, 1.54) is 34.1 Å². The minimum atomic E-state index is -0.875. The van der Waals surface area contributed by atoms with Crippen molar-refractivity contribution in [2.24, 2.45) is 5.92 Å². The van der Waals surface area contributed by atoms with Crippen molar-refractivity contribution in [1.82, 2.24) is 4.90 Å². The zero-order valence-electron chi connectivity index (χ0n) is 10.5. The second-order valence-electron chi connectivity index (χ2n) is 4.59. The molecule has 0 radical (unpaired) electrons. The first-order valence-corrected chi connectivity index (χ1v) is 6.00. The second kappa shape index (κ2) is 5.26. The molecule has 1 saturated heterocycles. The van der Waals surface area contributed by atoms with Crippen molar-refractivity contribution in [3.05, 3.63) is 30.1 Å². The lowest BCUT2D eigenvalue weighted by Crippen LogP contribution is -2.40. The number of anilines is 1. The first-order valence-electron chi connectivity index (χ1n) is 6.00. The normalized spacial score (nSPS) is 18.4. The lowest BCUT2D eigenvalue weighted by molar-refractivity contribution is -0.141. The molecular weight excluding hydrogens is 251 g/mol. The number of carboxylic acids is 1. The Kier molecular flexibility index (Phi) is 3.69. The van der Waals surface area contributed by atoms with E-state index in [4.69, 9.17) is 5.11 Å². The van der Waals surface area contributed by atoms with Crippen LogP contribution in [0.4, 0.5) is 14.9 Å². The molecule has 1 fully saturated rings. The van der Waals surface area contributed by atoms with Crippen LogP contribution < -0.4 is 4.90 Å². The Bertz CT molecular complexity index is 489. The van der Waals surface area contributed by atoms with Crippen LogP contribution in [-0.2, 0) is 4.79 Å². The minimum absolute atomic E-state index is 0.222. The van der Waals surface area contributed by atoms with Gasteiger partial charge in [-0.1, -0.05) is 0 Å². The molecule has 0 saturated carbocycles. The number of nitrogens with zero attached hydrogens (tertiary/aromatic N) is 2. The Balaban J connectivity index is 2.04. The van der Waals surface area contributed by atoms with Gasteiger partial charge in [0.1, 0.15) is 5.82 Å². The predicted octanol–water partition coefficient (Wildman–Crippen LogP) is 1.79. The molecule has 6 heteroatoms. The van der Waals surface area contributed by atoms with Gasteiger partial charge in [-0.15, -0.1) is 0 Å². The number of benzene rings is 1. The standard InChI is InChI=1S/C13H15FN2O3/c1-15(11-4-2-10(14)3-5-11)13(19)16-7-6-9(8-16)12(17)18/h2-5,9H,6-8H2,1H3,(H,17,18). The molecule has 2 rings (SSSR count). The molecule has 1 aliphatic heterocycles. The largest absolute Gasteiger partial charge is 0.481 e. The van der Waals surface area contributed by atoms with Gasteiger partial charge in [0.05, 0.1) is 5.92 Å². The Morgan fingerprint density at radius 2 is 2.00 bits per heavy atom. The average Bonchev–Trinajstić information content (AvgIpc) is 2.87. The van der Waals surface area contributed by atoms with Gasteiger partial charge >= 0.3 is 12.0 Å². The topological polar surface area (TPSA) is 60.9 Å². The van der Waals surface area contributed by atoms with Crippen molar-refractivity contribution in [3.63, 3.8) is 0 Å². The number of carboxylic acid groups (broad SMARTS) is 1. The van der Waals surface area contributed by atoms with Crippen molar-refractivity contribution in [1.29, 1.82) is 0 Å². The van der Waals surface area contributed by atoms with E-state index in [1.807, 2.05) is 0 Å². The van der Waals surface area contributed by atoms with E-state index in [0.29, 0.717) is 18.7 Å². The van der Waals surface area contributed by atoms with Crippen LogP contribution in [0.2, 0.25) is 0 Å². The molecule has 0 aromatic heterocycles. The Morgan fingerprint density at radius 1 is 1.37 bits per heavy atom. The number of halogens is 1. The molecular formula is C13H15FN2O3. The smallest absolute Gasteiger partial charge is 0.324 e. The van der Waals surface area contributed by atoms with Gasteiger partial charge in [-0.3, -0.25) is 9.69 Å². The number of hydrogen-bond acceptors (Lipinski definition) is 2. The maximum absolute atomic E-state index is 12.8. The third-order valence-corrected chi connectivity index (χ3v) is 3.31. The highest BCUT2D eigenvalue weighted by atomic mass is 19.1. The van der Waals surface area contributed by atoms with Crippen LogP contribution in [0.3, 0.4) is 0 Å². The van der Waals surface area contributed by atoms with Crippen molar-refractivity contribution >= 4 is 17.7 Å². The van der Waals surface area contributed by atoms with E-state index in [-0.39, 0.29) is 18.4 Å². The molecule has 1 aromatic rings. The minimum Gasteiger partial charge on any atom is -0.481 e. The third-order valence-electron chi connectivity index (χ3n) is 3.31. The average molecular weight is 266 g/mol. The molecule has 5 nitrogen and oxygen atoms in total. The number of carbonyl (C=O) groups excluding carboxylic acids is 1. The van der Waals surface area contributed by atoms with Crippen LogP contribution in [0, 0.1) is 11.7 Å². The van der Waals surface area contributed by atoms with Gasteiger partial charge in [-0.25, -0.2) is 9.18 Å². The maximum atomic E-state index is 12.8. The molecule has 19 heavy (non-hydrogen) atoms. The van der Waals surface area contributed by atoms with Crippen LogP contribution >= 0.6 is 0 Å². The van der Waals surface area contributed by atoms with Crippen molar-refractivity contribution < 1.29 is 19.1 Å². The van der Waals surface area contributed by atoms with E-state index in [9.17, 15) is 14.0 Å². The number of likely N-dealkylation sites (tertiary alicyclic amines) is 1. The summed E-state index contributed by atoms with van der Waals surface area (Å²) in [6, 6.07) is 5.32. The van der Waals surface area contributed by atoms with E-state index >= 15 is 0 Å². The summed E-state index contributed by atoms with van der Waals surface area (Å²) < 4.78 is 12.8.